The Morgan fingerprint density at radius 2 is 2.00 bits per heavy atom. The molecule has 19 heavy (non-hydrogen) atoms. The van der Waals surface area contributed by atoms with Crippen LogP contribution >= 0.6 is 0 Å². The Morgan fingerprint density at radius 1 is 1.32 bits per heavy atom. The molecule has 104 valence electrons. The molecule has 1 heterocycles. The molecule has 0 N–H and O–H groups in total. The highest BCUT2D eigenvalue weighted by Gasteiger charge is 2.27. The van der Waals surface area contributed by atoms with Crippen molar-refractivity contribution in [1.29, 1.82) is 0 Å². The van der Waals surface area contributed by atoms with Crippen LogP contribution in [0.15, 0.2) is 18.2 Å². The van der Waals surface area contributed by atoms with Crippen molar-refractivity contribution in [3.63, 3.8) is 0 Å². The van der Waals surface area contributed by atoms with Crippen molar-refractivity contribution in [3.05, 3.63) is 29.3 Å². The van der Waals surface area contributed by atoms with Crippen molar-refractivity contribution in [2.45, 2.75) is 25.7 Å². The molecule has 1 aromatic carbocycles. The van der Waals surface area contributed by atoms with E-state index in [1.54, 1.807) is 12.1 Å². The van der Waals surface area contributed by atoms with E-state index in [0.717, 1.165) is 16.0 Å². The summed E-state index contributed by atoms with van der Waals surface area (Å²) in [6, 6.07) is 4.75. The Morgan fingerprint density at radius 3 is 2.63 bits per heavy atom. The Balaban J connectivity index is 1.96. The molecule has 0 aliphatic carbocycles. The van der Waals surface area contributed by atoms with Gasteiger partial charge >= 0.3 is 6.18 Å². The van der Waals surface area contributed by atoms with Crippen molar-refractivity contribution >= 4 is 6.09 Å². The minimum Gasteiger partial charge on any atom is -0.530 e. The standard InChI is InChI=1S/C12H12F3NO3/c13-12(14,15)3-4-19-10-2-1-8-6-16(11(17)18)7-9(8)5-10/h1-2,5H,3-4,6-7H2,(H,17,18)/p-1. The van der Waals surface area contributed by atoms with Crippen LogP contribution in [0.1, 0.15) is 17.5 Å². The van der Waals surface area contributed by atoms with E-state index in [1.165, 1.54) is 6.07 Å². The number of fused-ring (bicyclic) bond motifs is 1. The van der Waals surface area contributed by atoms with Crippen molar-refractivity contribution in [2.75, 3.05) is 6.61 Å². The minimum absolute atomic E-state index is 0.175. The van der Waals surface area contributed by atoms with Crippen LogP contribution < -0.4 is 9.84 Å². The molecule has 4 nitrogen and oxygen atoms in total. The van der Waals surface area contributed by atoms with Crippen LogP contribution in [-0.2, 0) is 13.1 Å². The number of benzene rings is 1. The second kappa shape index (κ2) is 4.99. The van der Waals surface area contributed by atoms with Gasteiger partial charge in [-0.1, -0.05) is 6.07 Å². The Labute approximate surface area is 107 Å². The van der Waals surface area contributed by atoms with Crippen LogP contribution in [0.5, 0.6) is 5.75 Å². The number of amides is 1. The second-order valence-corrected chi connectivity index (χ2v) is 4.27. The molecule has 1 aliphatic heterocycles. The van der Waals surface area contributed by atoms with Crippen LogP contribution in [0.2, 0.25) is 0 Å². The number of halogens is 3. The molecule has 0 spiro atoms. The average molecular weight is 274 g/mol. The summed E-state index contributed by atoms with van der Waals surface area (Å²) in [5.74, 6) is 0.309. The number of hydrogen-bond donors (Lipinski definition) is 0. The molecule has 7 heteroatoms. The van der Waals surface area contributed by atoms with E-state index in [-0.39, 0.29) is 13.1 Å². The first kappa shape index (κ1) is 13.5. The van der Waals surface area contributed by atoms with Crippen LogP contribution in [0.3, 0.4) is 0 Å². The van der Waals surface area contributed by atoms with E-state index >= 15 is 0 Å². The van der Waals surface area contributed by atoms with E-state index in [2.05, 4.69) is 0 Å². The number of ether oxygens (including phenoxy) is 1. The fourth-order valence-corrected chi connectivity index (χ4v) is 1.87. The number of carbonyl (C=O) groups excluding carboxylic acids is 1. The first-order chi connectivity index (χ1) is 8.85. The molecular weight excluding hydrogens is 263 g/mol. The molecule has 0 atom stereocenters. The number of carbonyl (C=O) groups is 1. The molecule has 0 aromatic heterocycles. The van der Waals surface area contributed by atoms with E-state index in [9.17, 15) is 23.1 Å². The van der Waals surface area contributed by atoms with Crippen molar-refractivity contribution in [1.82, 2.24) is 4.90 Å². The van der Waals surface area contributed by atoms with Crippen molar-refractivity contribution in [2.24, 2.45) is 0 Å². The van der Waals surface area contributed by atoms with Gasteiger partial charge < -0.3 is 19.5 Å². The van der Waals surface area contributed by atoms with Gasteiger partial charge in [0.15, 0.2) is 0 Å². The van der Waals surface area contributed by atoms with E-state index in [4.69, 9.17) is 4.74 Å². The van der Waals surface area contributed by atoms with Gasteiger partial charge in [-0.2, -0.15) is 13.2 Å². The first-order valence-electron chi connectivity index (χ1n) is 5.62. The molecule has 0 unspecified atom stereocenters. The van der Waals surface area contributed by atoms with E-state index in [1.807, 2.05) is 0 Å². The number of alkyl halides is 3. The molecule has 0 bridgehead atoms. The zero-order valence-electron chi connectivity index (χ0n) is 9.87. The second-order valence-electron chi connectivity index (χ2n) is 4.27. The molecule has 1 aromatic rings. The maximum atomic E-state index is 12.0. The molecule has 0 radical (unpaired) electrons. The predicted molar refractivity (Wildman–Crippen MR) is 57.3 cm³/mol. The summed E-state index contributed by atoms with van der Waals surface area (Å²) in [6.07, 6.45) is -6.53. The smallest absolute Gasteiger partial charge is 0.392 e. The SMILES string of the molecule is O=C([O-])N1Cc2ccc(OCCC(F)(F)F)cc2C1. The summed E-state index contributed by atoms with van der Waals surface area (Å²) >= 11 is 0. The highest BCUT2D eigenvalue weighted by atomic mass is 19.4. The summed E-state index contributed by atoms with van der Waals surface area (Å²) in [6.45, 7) is -0.0406. The minimum atomic E-state index is -4.25. The fraction of sp³-hybridized carbons (Fsp3) is 0.417. The third-order valence-corrected chi connectivity index (χ3v) is 2.81. The van der Waals surface area contributed by atoms with Gasteiger partial charge in [0.05, 0.1) is 13.0 Å². The van der Waals surface area contributed by atoms with Crippen LogP contribution in [0.4, 0.5) is 18.0 Å². The van der Waals surface area contributed by atoms with Crippen molar-refractivity contribution < 1.29 is 27.8 Å². The Hall–Kier alpha value is -1.92. The Kier molecular flexibility index (Phi) is 3.55. The summed E-state index contributed by atoms with van der Waals surface area (Å²) in [5, 5.41) is 10.7. The lowest BCUT2D eigenvalue weighted by Gasteiger charge is -2.17. The van der Waals surface area contributed by atoms with E-state index in [0.29, 0.717) is 5.75 Å². The molecule has 0 saturated carbocycles. The highest BCUT2D eigenvalue weighted by molar-refractivity contribution is 5.64. The van der Waals surface area contributed by atoms with E-state index < -0.39 is 25.3 Å². The number of nitrogens with zero attached hydrogens (tertiary/aromatic N) is 1. The number of rotatable bonds is 3. The van der Waals surface area contributed by atoms with Gasteiger partial charge in [-0.15, -0.1) is 0 Å². The van der Waals surface area contributed by atoms with Crippen LogP contribution in [0.25, 0.3) is 0 Å². The summed E-state index contributed by atoms with van der Waals surface area (Å²) in [4.78, 5) is 11.8. The molecule has 1 amide bonds. The summed E-state index contributed by atoms with van der Waals surface area (Å²) in [7, 11) is 0. The maximum Gasteiger partial charge on any atom is 0.392 e. The summed E-state index contributed by atoms with van der Waals surface area (Å²) in [5.41, 5.74) is 1.54. The molecule has 0 fully saturated rings. The van der Waals surface area contributed by atoms with Gasteiger partial charge in [0, 0.05) is 13.1 Å². The first-order valence-corrected chi connectivity index (χ1v) is 5.62. The zero-order valence-corrected chi connectivity index (χ0v) is 9.87. The van der Waals surface area contributed by atoms with Crippen LogP contribution in [0, 0.1) is 0 Å². The summed E-state index contributed by atoms with van der Waals surface area (Å²) < 4.78 is 40.9. The Bertz CT molecular complexity index is 488. The third kappa shape index (κ3) is 3.52. The van der Waals surface area contributed by atoms with Gasteiger partial charge in [-0.25, -0.2) is 0 Å². The zero-order chi connectivity index (χ0) is 14.0. The number of carboxylic acid groups (broad SMARTS) is 1. The molecular formula is C12H11F3NO3-. The van der Waals surface area contributed by atoms with Gasteiger partial charge in [0.2, 0.25) is 0 Å². The monoisotopic (exact) mass is 274 g/mol. The van der Waals surface area contributed by atoms with Gasteiger partial charge in [-0.05, 0) is 23.3 Å². The quantitative estimate of drug-likeness (QED) is 0.842. The normalized spacial score (nSPS) is 14.4. The largest absolute Gasteiger partial charge is 0.530 e. The maximum absolute atomic E-state index is 12.0. The third-order valence-electron chi connectivity index (χ3n) is 2.81. The number of hydrogen-bond acceptors (Lipinski definition) is 3. The lowest BCUT2D eigenvalue weighted by atomic mass is 10.1. The topological polar surface area (TPSA) is 52.6 Å². The molecule has 2 rings (SSSR count). The van der Waals surface area contributed by atoms with Gasteiger partial charge in [0.1, 0.15) is 11.8 Å². The van der Waals surface area contributed by atoms with Crippen molar-refractivity contribution in [3.8, 4) is 5.75 Å². The van der Waals surface area contributed by atoms with Gasteiger partial charge in [-0.3, -0.25) is 0 Å². The molecule has 1 aliphatic rings. The van der Waals surface area contributed by atoms with Crippen LogP contribution in [-0.4, -0.2) is 23.8 Å². The molecule has 0 saturated heterocycles. The lowest BCUT2D eigenvalue weighted by molar-refractivity contribution is -0.266. The lowest BCUT2D eigenvalue weighted by Crippen LogP contribution is -2.37. The fourth-order valence-electron chi connectivity index (χ4n) is 1.87. The average Bonchev–Trinajstić information content (AvgIpc) is 2.70. The highest BCUT2D eigenvalue weighted by Crippen LogP contribution is 2.27. The predicted octanol–water partition coefficient (Wildman–Crippen LogP) is 1.68. The van der Waals surface area contributed by atoms with Gasteiger partial charge in [0.25, 0.3) is 0 Å².